The number of piperazine rings is 1. The zero-order chi connectivity index (χ0) is 22.0. The first kappa shape index (κ1) is 21.8. The molecule has 30 heavy (non-hydrogen) atoms. The number of hydrogen-bond donors (Lipinski definition) is 0. The quantitative estimate of drug-likeness (QED) is 0.692. The van der Waals surface area contributed by atoms with E-state index >= 15 is 0 Å². The largest absolute Gasteiger partial charge is 0.335 e. The van der Waals surface area contributed by atoms with Crippen molar-refractivity contribution in [3.8, 4) is 0 Å². The van der Waals surface area contributed by atoms with E-state index in [1.54, 1.807) is 26.8 Å². The second-order valence-corrected chi connectivity index (χ2v) is 8.11. The molecule has 5 amide bonds. The lowest BCUT2D eigenvalue weighted by atomic mass is 10.0. The van der Waals surface area contributed by atoms with Crippen molar-refractivity contribution in [2.24, 2.45) is 5.92 Å². The summed E-state index contributed by atoms with van der Waals surface area (Å²) in [5.74, 6) is -0.654. The fourth-order valence-electron chi connectivity index (χ4n) is 3.93. The molecule has 3 rings (SSSR count). The van der Waals surface area contributed by atoms with E-state index in [1.165, 1.54) is 11.0 Å². The van der Waals surface area contributed by atoms with Gasteiger partial charge < -0.3 is 14.7 Å². The molecule has 2 heterocycles. The van der Waals surface area contributed by atoms with Gasteiger partial charge in [0.2, 0.25) is 0 Å². The van der Waals surface area contributed by atoms with Crippen LogP contribution in [0.25, 0.3) is 0 Å². The van der Waals surface area contributed by atoms with Crippen molar-refractivity contribution >= 4 is 23.8 Å². The number of hydrogen-bond acceptors (Lipinski definition) is 4. The number of rotatable bonds is 5. The molecular weight excluding hydrogens is 384 g/mol. The molecule has 0 bridgehead atoms. The third-order valence-electron chi connectivity index (χ3n) is 5.64. The van der Waals surface area contributed by atoms with Gasteiger partial charge in [0.15, 0.2) is 0 Å². The average Bonchev–Trinajstić information content (AvgIpc) is 2.98. The third-order valence-corrected chi connectivity index (χ3v) is 5.64. The summed E-state index contributed by atoms with van der Waals surface area (Å²) < 4.78 is 0. The zero-order valence-corrected chi connectivity index (χ0v) is 18.2. The maximum Gasteiger partial charge on any atom is 0.320 e. The van der Waals surface area contributed by atoms with Crippen molar-refractivity contribution in [3.63, 3.8) is 0 Å². The lowest BCUT2D eigenvalue weighted by molar-refractivity contribution is 0.0634. The molecule has 8 heteroatoms. The van der Waals surface area contributed by atoms with E-state index in [9.17, 15) is 19.2 Å². The van der Waals surface area contributed by atoms with Gasteiger partial charge in [-0.2, -0.15) is 0 Å². The van der Waals surface area contributed by atoms with Gasteiger partial charge in [-0.1, -0.05) is 13.8 Å². The van der Waals surface area contributed by atoms with Gasteiger partial charge in [-0.05, 0) is 38.0 Å². The minimum Gasteiger partial charge on any atom is -0.335 e. The minimum absolute atomic E-state index is 0.000942. The Balaban J connectivity index is 1.69. The van der Waals surface area contributed by atoms with Crippen molar-refractivity contribution in [1.29, 1.82) is 0 Å². The van der Waals surface area contributed by atoms with Gasteiger partial charge in [0.05, 0.1) is 11.1 Å². The van der Waals surface area contributed by atoms with E-state index in [2.05, 4.69) is 0 Å². The highest BCUT2D eigenvalue weighted by atomic mass is 16.2. The van der Waals surface area contributed by atoms with Crippen molar-refractivity contribution < 1.29 is 19.2 Å². The molecule has 0 aliphatic carbocycles. The Bertz CT molecular complexity index is 855. The summed E-state index contributed by atoms with van der Waals surface area (Å²) in [6, 6.07) is 4.71. The predicted molar refractivity (Wildman–Crippen MR) is 112 cm³/mol. The van der Waals surface area contributed by atoms with Crippen molar-refractivity contribution in [2.45, 2.75) is 27.7 Å². The summed E-state index contributed by atoms with van der Waals surface area (Å²) in [5, 5.41) is 0. The van der Waals surface area contributed by atoms with Gasteiger partial charge in [0.1, 0.15) is 0 Å². The normalized spacial score (nSPS) is 16.4. The van der Waals surface area contributed by atoms with Crippen LogP contribution in [0.15, 0.2) is 18.2 Å². The smallest absolute Gasteiger partial charge is 0.320 e. The number of benzene rings is 1. The number of amides is 5. The van der Waals surface area contributed by atoms with Crippen LogP contribution in [0.1, 0.15) is 58.8 Å². The van der Waals surface area contributed by atoms with Gasteiger partial charge in [0.25, 0.3) is 17.7 Å². The monoisotopic (exact) mass is 414 g/mol. The molecule has 0 spiro atoms. The first-order valence-electron chi connectivity index (χ1n) is 10.6. The summed E-state index contributed by atoms with van der Waals surface area (Å²) in [6.45, 7) is 11.3. The molecule has 0 saturated carbocycles. The molecule has 0 aromatic heterocycles. The van der Waals surface area contributed by atoms with Gasteiger partial charge in [-0.15, -0.1) is 0 Å². The van der Waals surface area contributed by atoms with Crippen molar-refractivity contribution in [1.82, 2.24) is 19.6 Å². The molecule has 8 nitrogen and oxygen atoms in total. The fourth-order valence-corrected chi connectivity index (χ4v) is 3.93. The SMILES string of the molecule is CCN(CC)C(=O)N1CCN(C(=O)c2ccc3c(c2)C(=O)N(CC(C)C)C3=O)CC1. The maximum absolute atomic E-state index is 13.0. The molecule has 1 aromatic rings. The Kier molecular flexibility index (Phi) is 6.43. The summed E-state index contributed by atoms with van der Waals surface area (Å²) in [4.78, 5) is 57.1. The number of urea groups is 1. The predicted octanol–water partition coefficient (Wildman–Crippen LogP) is 2.16. The average molecular weight is 415 g/mol. The number of fused-ring (bicyclic) bond motifs is 1. The zero-order valence-electron chi connectivity index (χ0n) is 18.2. The summed E-state index contributed by atoms with van der Waals surface area (Å²) in [6.07, 6.45) is 0. The Labute approximate surface area is 177 Å². The second kappa shape index (κ2) is 8.85. The Morgan fingerprint density at radius 3 is 2.07 bits per heavy atom. The van der Waals surface area contributed by atoms with Gasteiger partial charge >= 0.3 is 6.03 Å². The molecule has 1 fully saturated rings. The molecule has 0 N–H and O–H groups in total. The van der Waals surface area contributed by atoms with Crippen LogP contribution in [-0.4, -0.2) is 89.2 Å². The minimum atomic E-state index is -0.340. The first-order chi connectivity index (χ1) is 14.3. The van der Waals surface area contributed by atoms with E-state index in [-0.39, 0.29) is 29.7 Å². The Morgan fingerprint density at radius 1 is 0.933 bits per heavy atom. The highest BCUT2D eigenvalue weighted by molar-refractivity contribution is 6.22. The second-order valence-electron chi connectivity index (χ2n) is 8.11. The number of carbonyl (C=O) groups excluding carboxylic acids is 4. The maximum atomic E-state index is 13.0. The molecule has 0 unspecified atom stereocenters. The van der Waals surface area contributed by atoms with Crippen LogP contribution in [-0.2, 0) is 0 Å². The standard InChI is InChI=1S/C22H30N4O4/c1-5-23(6-2)22(30)25-11-9-24(10-12-25)19(27)16-7-8-17-18(13-16)21(29)26(20(17)28)14-15(3)4/h7-8,13,15H,5-6,9-12,14H2,1-4H3. The lowest BCUT2D eigenvalue weighted by Crippen LogP contribution is -2.54. The van der Waals surface area contributed by atoms with E-state index in [0.29, 0.717) is 62.5 Å². The summed E-state index contributed by atoms with van der Waals surface area (Å²) >= 11 is 0. The molecule has 2 aliphatic heterocycles. The van der Waals surface area contributed by atoms with E-state index in [0.717, 1.165) is 0 Å². The lowest BCUT2D eigenvalue weighted by Gasteiger charge is -2.37. The van der Waals surface area contributed by atoms with Crippen LogP contribution in [0.4, 0.5) is 4.79 Å². The molecule has 2 aliphatic rings. The molecule has 1 aromatic carbocycles. The molecule has 0 atom stereocenters. The van der Waals surface area contributed by atoms with E-state index in [4.69, 9.17) is 0 Å². The van der Waals surface area contributed by atoms with Crippen molar-refractivity contribution in [3.05, 3.63) is 34.9 Å². The highest BCUT2D eigenvalue weighted by Gasteiger charge is 2.36. The Hall–Kier alpha value is -2.90. The Morgan fingerprint density at radius 2 is 1.50 bits per heavy atom. The number of nitrogens with zero attached hydrogens (tertiary/aromatic N) is 4. The number of carbonyl (C=O) groups is 4. The van der Waals surface area contributed by atoms with Gasteiger partial charge in [-0.3, -0.25) is 19.3 Å². The molecule has 162 valence electrons. The van der Waals surface area contributed by atoms with Crippen molar-refractivity contribution in [2.75, 3.05) is 45.8 Å². The third kappa shape index (κ3) is 4.04. The van der Waals surface area contributed by atoms with Gasteiger partial charge in [0, 0.05) is 51.4 Å². The summed E-state index contributed by atoms with van der Waals surface area (Å²) in [7, 11) is 0. The number of imide groups is 1. The highest BCUT2D eigenvalue weighted by Crippen LogP contribution is 2.25. The van der Waals surface area contributed by atoms with Crippen LogP contribution in [0.5, 0.6) is 0 Å². The van der Waals surface area contributed by atoms with Crippen LogP contribution in [0.3, 0.4) is 0 Å². The van der Waals surface area contributed by atoms with Crippen LogP contribution < -0.4 is 0 Å². The molecular formula is C22H30N4O4. The van der Waals surface area contributed by atoms with Gasteiger partial charge in [-0.25, -0.2) is 4.79 Å². The molecule has 1 saturated heterocycles. The van der Waals surface area contributed by atoms with E-state index < -0.39 is 0 Å². The van der Waals surface area contributed by atoms with Crippen LogP contribution >= 0.6 is 0 Å². The van der Waals surface area contributed by atoms with Crippen LogP contribution in [0.2, 0.25) is 0 Å². The summed E-state index contributed by atoms with van der Waals surface area (Å²) in [5.41, 5.74) is 1.04. The first-order valence-corrected chi connectivity index (χ1v) is 10.6. The fraction of sp³-hybridized carbons (Fsp3) is 0.545. The topological polar surface area (TPSA) is 81.2 Å². The molecule has 0 radical (unpaired) electrons. The van der Waals surface area contributed by atoms with Crippen LogP contribution in [0, 0.1) is 5.92 Å². The van der Waals surface area contributed by atoms with E-state index in [1.807, 2.05) is 27.7 Å².